The van der Waals surface area contributed by atoms with Gasteiger partial charge in [-0.3, -0.25) is 9.69 Å². The Hall–Kier alpha value is -2.41. The molecule has 1 aromatic carbocycles. The Bertz CT molecular complexity index is 902. The first-order valence-electron chi connectivity index (χ1n) is 11.7. The summed E-state index contributed by atoms with van der Waals surface area (Å²) in [5.74, 6) is 0.0433. The fourth-order valence-corrected chi connectivity index (χ4v) is 3.85. The van der Waals surface area contributed by atoms with Gasteiger partial charge in [-0.15, -0.1) is 0 Å². The van der Waals surface area contributed by atoms with E-state index in [4.69, 9.17) is 11.5 Å². The van der Waals surface area contributed by atoms with E-state index in [1.54, 1.807) is 0 Å². The molecule has 5 N–H and O–H groups in total. The average molecular weight is 440 g/mol. The smallest absolute Gasteiger partial charge is 0.224 e. The Morgan fingerprint density at radius 3 is 2.47 bits per heavy atom. The lowest BCUT2D eigenvalue weighted by atomic mass is 10.1. The van der Waals surface area contributed by atoms with Crippen LogP contribution in [0.25, 0.3) is 10.9 Å². The molecule has 0 aliphatic rings. The topological polar surface area (TPSA) is 89.3 Å². The van der Waals surface area contributed by atoms with Gasteiger partial charge in [0.25, 0.3) is 0 Å². The van der Waals surface area contributed by atoms with Gasteiger partial charge >= 0.3 is 0 Å². The van der Waals surface area contributed by atoms with Crippen molar-refractivity contribution in [3.8, 4) is 0 Å². The second-order valence-electron chi connectivity index (χ2n) is 8.64. The Labute approximate surface area is 193 Å². The fourth-order valence-electron chi connectivity index (χ4n) is 3.85. The largest absolute Gasteiger partial charge is 0.355 e. The summed E-state index contributed by atoms with van der Waals surface area (Å²) in [5.41, 5.74) is 16.3. The van der Waals surface area contributed by atoms with Gasteiger partial charge in [0, 0.05) is 62.9 Å². The average Bonchev–Trinajstić information content (AvgIpc) is 3.10. The number of carbonyl (C=O) groups is 1. The van der Waals surface area contributed by atoms with Crippen molar-refractivity contribution >= 4 is 16.8 Å². The van der Waals surface area contributed by atoms with Gasteiger partial charge in [0.15, 0.2) is 0 Å². The summed E-state index contributed by atoms with van der Waals surface area (Å²) in [4.78, 5) is 14.8. The van der Waals surface area contributed by atoms with E-state index in [9.17, 15) is 4.79 Å². The summed E-state index contributed by atoms with van der Waals surface area (Å²) < 4.78 is 2.24. The minimum Gasteiger partial charge on any atom is -0.355 e. The molecule has 32 heavy (non-hydrogen) atoms. The molecule has 0 unspecified atom stereocenters. The molecule has 0 fully saturated rings. The highest BCUT2D eigenvalue weighted by Gasteiger charge is 2.12. The van der Waals surface area contributed by atoms with Gasteiger partial charge in [-0.2, -0.15) is 0 Å². The molecule has 2 aromatic rings. The van der Waals surface area contributed by atoms with Crippen LogP contribution in [-0.2, 0) is 17.8 Å². The molecule has 0 spiro atoms. The normalized spacial score (nSPS) is 11.9. The van der Waals surface area contributed by atoms with E-state index in [-0.39, 0.29) is 5.91 Å². The Morgan fingerprint density at radius 2 is 1.78 bits per heavy atom. The van der Waals surface area contributed by atoms with E-state index in [0.29, 0.717) is 26.1 Å². The Balaban J connectivity index is 1.99. The third-order valence-corrected chi connectivity index (χ3v) is 5.59. The first kappa shape index (κ1) is 25.8. The summed E-state index contributed by atoms with van der Waals surface area (Å²) in [6, 6.07) is 8.31. The van der Waals surface area contributed by atoms with Crippen LogP contribution in [0.3, 0.4) is 0 Å². The van der Waals surface area contributed by atoms with Crippen LogP contribution in [0.4, 0.5) is 0 Å². The highest BCUT2D eigenvalue weighted by molar-refractivity contribution is 5.89. The van der Waals surface area contributed by atoms with Crippen LogP contribution in [0, 0.1) is 0 Å². The van der Waals surface area contributed by atoms with Crippen molar-refractivity contribution in [2.24, 2.45) is 11.5 Å². The van der Waals surface area contributed by atoms with Gasteiger partial charge in [0.2, 0.25) is 5.91 Å². The highest BCUT2D eigenvalue weighted by atomic mass is 16.1. The number of hydrogen-bond donors (Lipinski definition) is 3. The summed E-state index contributed by atoms with van der Waals surface area (Å²) in [6.45, 7) is 11.4. The number of allylic oxidation sites excluding steroid dienone is 4. The molecule has 0 saturated heterocycles. The van der Waals surface area contributed by atoms with Crippen molar-refractivity contribution in [2.45, 2.75) is 46.6 Å². The SMILES string of the molecule is CC(C)=CCC/C(C)=C/Cn1cc(CC(=O)NCCN(CCN)CCN)c2ccccc21. The first-order chi connectivity index (χ1) is 15.4. The van der Waals surface area contributed by atoms with Gasteiger partial charge in [-0.05, 0) is 45.2 Å². The lowest BCUT2D eigenvalue weighted by Gasteiger charge is -2.20. The zero-order valence-electron chi connectivity index (χ0n) is 20.1. The molecular weight excluding hydrogens is 398 g/mol. The second kappa shape index (κ2) is 13.9. The maximum Gasteiger partial charge on any atom is 0.224 e. The Kier molecular flexibility index (Phi) is 11.2. The highest BCUT2D eigenvalue weighted by Crippen LogP contribution is 2.22. The standard InChI is InChI=1S/C26H41N5O/c1-21(2)7-6-8-22(3)11-15-31-20-23(24-9-4-5-10-25(24)31)19-26(32)29-14-18-30(16-12-27)17-13-28/h4-5,7,9-11,20H,6,8,12-19,27-28H2,1-3H3,(H,29,32)/b22-11+. The molecule has 0 bridgehead atoms. The predicted octanol–water partition coefficient (Wildman–Crippen LogP) is 3.21. The summed E-state index contributed by atoms with van der Waals surface area (Å²) in [5, 5.41) is 4.19. The zero-order valence-corrected chi connectivity index (χ0v) is 20.1. The van der Waals surface area contributed by atoms with Crippen LogP contribution < -0.4 is 16.8 Å². The van der Waals surface area contributed by atoms with E-state index in [2.05, 4.69) is 72.1 Å². The van der Waals surface area contributed by atoms with E-state index in [1.807, 2.05) is 6.07 Å². The minimum atomic E-state index is 0.0433. The van der Waals surface area contributed by atoms with Gasteiger partial charge in [0.05, 0.1) is 6.42 Å². The molecule has 2 rings (SSSR count). The number of hydrogen-bond acceptors (Lipinski definition) is 4. The molecule has 0 radical (unpaired) electrons. The summed E-state index contributed by atoms with van der Waals surface area (Å²) >= 11 is 0. The number of aromatic nitrogens is 1. The fraction of sp³-hybridized carbons (Fsp3) is 0.500. The molecule has 1 amide bonds. The second-order valence-corrected chi connectivity index (χ2v) is 8.64. The number of nitrogens with two attached hydrogens (primary N) is 2. The van der Waals surface area contributed by atoms with Crippen LogP contribution >= 0.6 is 0 Å². The van der Waals surface area contributed by atoms with E-state index in [1.165, 1.54) is 16.7 Å². The van der Waals surface area contributed by atoms with Crippen LogP contribution in [-0.4, -0.2) is 54.6 Å². The zero-order chi connectivity index (χ0) is 23.3. The number of amides is 1. The minimum absolute atomic E-state index is 0.0433. The van der Waals surface area contributed by atoms with Crippen LogP contribution in [0.15, 0.2) is 53.8 Å². The molecule has 1 aromatic heterocycles. The van der Waals surface area contributed by atoms with Crippen molar-refractivity contribution in [1.29, 1.82) is 0 Å². The van der Waals surface area contributed by atoms with Gasteiger partial charge < -0.3 is 21.4 Å². The molecule has 0 aliphatic carbocycles. The van der Waals surface area contributed by atoms with Gasteiger partial charge in [-0.1, -0.05) is 41.5 Å². The van der Waals surface area contributed by atoms with Crippen molar-refractivity contribution in [3.05, 3.63) is 59.3 Å². The van der Waals surface area contributed by atoms with Gasteiger partial charge in [-0.25, -0.2) is 0 Å². The van der Waals surface area contributed by atoms with Crippen LogP contribution in [0.1, 0.15) is 39.2 Å². The third-order valence-electron chi connectivity index (χ3n) is 5.59. The number of nitrogens with zero attached hydrogens (tertiary/aromatic N) is 2. The number of para-hydroxylation sites is 1. The maximum absolute atomic E-state index is 12.6. The van der Waals surface area contributed by atoms with E-state index >= 15 is 0 Å². The molecular formula is C26H41N5O. The molecule has 0 atom stereocenters. The molecule has 176 valence electrons. The first-order valence-corrected chi connectivity index (χ1v) is 11.7. The molecule has 6 heteroatoms. The van der Waals surface area contributed by atoms with E-state index < -0.39 is 0 Å². The molecule has 6 nitrogen and oxygen atoms in total. The molecule has 0 aliphatic heterocycles. The van der Waals surface area contributed by atoms with Gasteiger partial charge in [0.1, 0.15) is 0 Å². The predicted molar refractivity (Wildman–Crippen MR) is 136 cm³/mol. The summed E-state index contributed by atoms with van der Waals surface area (Å²) in [7, 11) is 0. The quantitative estimate of drug-likeness (QED) is 0.394. The van der Waals surface area contributed by atoms with Crippen molar-refractivity contribution < 1.29 is 4.79 Å². The third kappa shape index (κ3) is 8.61. The molecule has 0 saturated carbocycles. The van der Waals surface area contributed by atoms with Crippen LogP contribution in [0.2, 0.25) is 0 Å². The van der Waals surface area contributed by atoms with Crippen molar-refractivity contribution in [3.63, 3.8) is 0 Å². The number of rotatable bonds is 14. The molecule has 1 heterocycles. The monoisotopic (exact) mass is 439 g/mol. The van der Waals surface area contributed by atoms with E-state index in [0.717, 1.165) is 50.0 Å². The Morgan fingerprint density at radius 1 is 1.06 bits per heavy atom. The lowest BCUT2D eigenvalue weighted by Crippen LogP contribution is -2.40. The number of carbonyl (C=O) groups excluding carboxylic acids is 1. The summed E-state index contributed by atoms with van der Waals surface area (Å²) in [6.07, 6.45) is 9.23. The number of benzene rings is 1. The lowest BCUT2D eigenvalue weighted by molar-refractivity contribution is -0.120. The number of nitrogens with one attached hydrogen (secondary N) is 1. The number of fused-ring (bicyclic) bond motifs is 1. The van der Waals surface area contributed by atoms with Crippen molar-refractivity contribution in [1.82, 2.24) is 14.8 Å². The maximum atomic E-state index is 12.6. The van der Waals surface area contributed by atoms with Crippen LogP contribution in [0.5, 0.6) is 0 Å². The van der Waals surface area contributed by atoms with Crippen molar-refractivity contribution in [2.75, 3.05) is 39.3 Å².